The molecule has 0 rings (SSSR count). The van der Waals surface area contributed by atoms with Crippen molar-refractivity contribution >= 4 is 6.29 Å². The predicted octanol–water partition coefficient (Wildman–Crippen LogP) is 1.75. The summed E-state index contributed by atoms with van der Waals surface area (Å²) in [7, 11) is 0. The second-order valence-corrected chi connectivity index (χ2v) is 2.44. The van der Waals surface area contributed by atoms with Crippen LogP contribution in [-0.4, -0.2) is 25.8 Å². The van der Waals surface area contributed by atoms with E-state index in [1.54, 1.807) is 0 Å². The fourth-order valence-electron chi connectivity index (χ4n) is 0.954. The van der Waals surface area contributed by atoms with E-state index >= 15 is 0 Å². The molecule has 0 aromatic carbocycles. The highest BCUT2D eigenvalue weighted by molar-refractivity contribution is 5.48. The van der Waals surface area contributed by atoms with Gasteiger partial charge in [-0.2, -0.15) is 0 Å². The highest BCUT2D eigenvalue weighted by Gasteiger charge is 2.05. The van der Waals surface area contributed by atoms with Crippen molar-refractivity contribution in [1.82, 2.24) is 0 Å². The number of hydrogen-bond acceptors (Lipinski definition) is 3. The van der Waals surface area contributed by atoms with Crippen LogP contribution in [-0.2, 0) is 14.3 Å². The fraction of sp³-hybridized carbons (Fsp3) is 0.889. The molecule has 0 N–H and O–H groups in total. The van der Waals surface area contributed by atoms with Gasteiger partial charge in [0.1, 0.15) is 6.29 Å². The summed E-state index contributed by atoms with van der Waals surface area (Å²) in [5.41, 5.74) is 0. The fourth-order valence-corrected chi connectivity index (χ4v) is 0.954. The Kier molecular flexibility index (Phi) is 8.39. The van der Waals surface area contributed by atoms with Gasteiger partial charge in [-0.15, -0.1) is 0 Å². The molecule has 0 aliphatic rings. The third-order valence-electron chi connectivity index (χ3n) is 1.47. The number of ether oxygens (including phenoxy) is 2. The third-order valence-corrected chi connectivity index (χ3v) is 1.47. The van der Waals surface area contributed by atoms with E-state index in [-0.39, 0.29) is 6.29 Å². The van der Waals surface area contributed by atoms with E-state index in [2.05, 4.69) is 0 Å². The minimum Gasteiger partial charge on any atom is -0.353 e. The smallest absolute Gasteiger partial charge is 0.157 e. The van der Waals surface area contributed by atoms with Crippen molar-refractivity contribution in [3.05, 3.63) is 0 Å². The van der Waals surface area contributed by atoms with Crippen LogP contribution < -0.4 is 0 Å². The highest BCUT2D eigenvalue weighted by Crippen LogP contribution is 2.05. The summed E-state index contributed by atoms with van der Waals surface area (Å²) in [6, 6.07) is 0. The molecule has 12 heavy (non-hydrogen) atoms. The van der Waals surface area contributed by atoms with Crippen LogP contribution in [0.3, 0.4) is 0 Å². The summed E-state index contributed by atoms with van der Waals surface area (Å²) >= 11 is 0. The normalized spacial score (nSPS) is 10.6. The van der Waals surface area contributed by atoms with Crippen LogP contribution >= 0.6 is 0 Å². The van der Waals surface area contributed by atoms with E-state index in [9.17, 15) is 4.79 Å². The Bertz CT molecular complexity index is 97.9. The molecule has 0 unspecified atom stereocenters. The number of aldehydes is 1. The van der Waals surface area contributed by atoms with Crippen molar-refractivity contribution in [1.29, 1.82) is 0 Å². The van der Waals surface area contributed by atoms with Crippen LogP contribution in [0.4, 0.5) is 0 Å². The summed E-state index contributed by atoms with van der Waals surface area (Å²) in [6.07, 6.45) is 3.04. The van der Waals surface area contributed by atoms with Gasteiger partial charge in [0.15, 0.2) is 6.29 Å². The van der Waals surface area contributed by atoms with Crippen molar-refractivity contribution in [2.45, 2.75) is 39.4 Å². The Labute approximate surface area is 74.0 Å². The van der Waals surface area contributed by atoms with E-state index in [0.29, 0.717) is 19.6 Å². The van der Waals surface area contributed by atoms with Crippen LogP contribution in [0.15, 0.2) is 0 Å². The topological polar surface area (TPSA) is 35.5 Å². The quantitative estimate of drug-likeness (QED) is 0.319. The van der Waals surface area contributed by atoms with Gasteiger partial charge >= 0.3 is 0 Å². The molecule has 0 aromatic rings. The second-order valence-electron chi connectivity index (χ2n) is 2.44. The standard InChI is InChI=1S/C9H18O3/c1-3-11-9(12-4-2)7-5-6-8-10/h8-9H,3-7H2,1-2H3. The molecule has 0 radical (unpaired) electrons. The maximum atomic E-state index is 10.0. The first-order chi connectivity index (χ1) is 5.85. The van der Waals surface area contributed by atoms with Crippen molar-refractivity contribution in [2.75, 3.05) is 13.2 Å². The average molecular weight is 174 g/mol. The molecule has 0 saturated heterocycles. The molecule has 0 aliphatic carbocycles. The number of carbonyl (C=O) groups excluding carboxylic acids is 1. The lowest BCUT2D eigenvalue weighted by Gasteiger charge is -2.15. The Morgan fingerprint density at radius 1 is 1.25 bits per heavy atom. The molecule has 0 amide bonds. The minimum atomic E-state index is -0.125. The van der Waals surface area contributed by atoms with Gasteiger partial charge in [0.25, 0.3) is 0 Å². The zero-order valence-electron chi connectivity index (χ0n) is 7.91. The third kappa shape index (κ3) is 6.31. The van der Waals surface area contributed by atoms with E-state index in [0.717, 1.165) is 19.1 Å². The summed E-state index contributed by atoms with van der Waals surface area (Å²) in [6.45, 7) is 5.19. The van der Waals surface area contributed by atoms with Crippen molar-refractivity contribution in [3.8, 4) is 0 Å². The maximum Gasteiger partial charge on any atom is 0.157 e. The van der Waals surface area contributed by atoms with E-state index in [4.69, 9.17) is 9.47 Å². The van der Waals surface area contributed by atoms with Gasteiger partial charge in [0.05, 0.1) is 0 Å². The van der Waals surface area contributed by atoms with Gasteiger partial charge in [-0.05, 0) is 26.7 Å². The number of unbranched alkanes of at least 4 members (excludes halogenated alkanes) is 1. The second kappa shape index (κ2) is 8.68. The predicted molar refractivity (Wildman–Crippen MR) is 47.0 cm³/mol. The Balaban J connectivity index is 3.40. The molecule has 0 spiro atoms. The molecule has 0 aromatic heterocycles. The lowest BCUT2D eigenvalue weighted by molar-refractivity contribution is -0.140. The van der Waals surface area contributed by atoms with Gasteiger partial charge < -0.3 is 14.3 Å². The van der Waals surface area contributed by atoms with Crippen molar-refractivity contribution in [2.24, 2.45) is 0 Å². The molecule has 0 aliphatic heterocycles. The van der Waals surface area contributed by atoms with Crippen molar-refractivity contribution in [3.63, 3.8) is 0 Å². The summed E-state index contributed by atoms with van der Waals surface area (Å²) < 4.78 is 10.6. The Morgan fingerprint density at radius 2 is 1.83 bits per heavy atom. The molecule has 0 heterocycles. The summed E-state index contributed by atoms with van der Waals surface area (Å²) in [5.74, 6) is 0. The minimum absolute atomic E-state index is 0.125. The molecule has 72 valence electrons. The van der Waals surface area contributed by atoms with Crippen LogP contribution in [0.5, 0.6) is 0 Å². The Morgan fingerprint density at radius 3 is 2.25 bits per heavy atom. The van der Waals surface area contributed by atoms with Crippen LogP contribution in [0, 0.1) is 0 Å². The zero-order chi connectivity index (χ0) is 9.23. The van der Waals surface area contributed by atoms with E-state index in [1.807, 2.05) is 13.8 Å². The van der Waals surface area contributed by atoms with E-state index < -0.39 is 0 Å². The molecule has 0 bridgehead atoms. The lowest BCUT2D eigenvalue weighted by Crippen LogP contribution is -2.17. The van der Waals surface area contributed by atoms with Gasteiger partial charge in [0, 0.05) is 19.6 Å². The molecular weight excluding hydrogens is 156 g/mol. The molecule has 0 saturated carbocycles. The van der Waals surface area contributed by atoms with Crippen LogP contribution in [0.25, 0.3) is 0 Å². The zero-order valence-corrected chi connectivity index (χ0v) is 7.91. The average Bonchev–Trinajstić information content (AvgIpc) is 2.06. The van der Waals surface area contributed by atoms with Crippen molar-refractivity contribution < 1.29 is 14.3 Å². The maximum absolute atomic E-state index is 10.0. The first-order valence-corrected chi connectivity index (χ1v) is 4.52. The summed E-state index contributed by atoms with van der Waals surface area (Å²) in [4.78, 5) is 10.0. The summed E-state index contributed by atoms with van der Waals surface area (Å²) in [5, 5.41) is 0. The lowest BCUT2D eigenvalue weighted by atomic mass is 10.2. The van der Waals surface area contributed by atoms with Gasteiger partial charge in [0.2, 0.25) is 0 Å². The van der Waals surface area contributed by atoms with Gasteiger partial charge in [-0.25, -0.2) is 0 Å². The first-order valence-electron chi connectivity index (χ1n) is 4.52. The Hall–Kier alpha value is -0.410. The van der Waals surface area contributed by atoms with Crippen LogP contribution in [0.2, 0.25) is 0 Å². The highest BCUT2D eigenvalue weighted by atomic mass is 16.7. The van der Waals surface area contributed by atoms with Gasteiger partial charge in [-0.1, -0.05) is 0 Å². The van der Waals surface area contributed by atoms with Crippen LogP contribution in [0.1, 0.15) is 33.1 Å². The molecule has 3 heteroatoms. The largest absolute Gasteiger partial charge is 0.353 e. The number of hydrogen-bond donors (Lipinski definition) is 0. The molecule has 0 atom stereocenters. The molecule has 0 fully saturated rings. The number of carbonyl (C=O) groups is 1. The number of rotatable bonds is 8. The first kappa shape index (κ1) is 11.6. The SMILES string of the molecule is CCOC(CCCC=O)OCC. The molecule has 3 nitrogen and oxygen atoms in total. The van der Waals surface area contributed by atoms with E-state index in [1.165, 1.54) is 0 Å². The monoisotopic (exact) mass is 174 g/mol. The van der Waals surface area contributed by atoms with Gasteiger partial charge in [-0.3, -0.25) is 0 Å². The molecular formula is C9H18O3.